The largest absolute Gasteiger partial charge is 0.481 e. The predicted octanol–water partition coefficient (Wildman–Crippen LogP) is 1.98. The summed E-state index contributed by atoms with van der Waals surface area (Å²) in [7, 11) is 1.66. The van der Waals surface area contributed by atoms with E-state index in [9.17, 15) is 4.79 Å². The zero-order valence-corrected chi connectivity index (χ0v) is 13.5. The molecule has 5 nitrogen and oxygen atoms in total. The average molecular weight is 315 g/mol. The van der Waals surface area contributed by atoms with E-state index in [1.165, 1.54) is 0 Å². The summed E-state index contributed by atoms with van der Waals surface area (Å²) in [5.41, 5.74) is 0.912. The molecule has 0 aliphatic carbocycles. The molecule has 0 spiro atoms. The maximum absolute atomic E-state index is 11.7. The van der Waals surface area contributed by atoms with E-state index in [0.717, 1.165) is 12.1 Å². The quantitative estimate of drug-likeness (QED) is 0.684. The molecule has 1 aromatic rings. The second-order valence-corrected chi connectivity index (χ2v) is 5.01. The number of likely N-dealkylation sites (N-methyl/N-ethyl adjacent to an activating group) is 1. The van der Waals surface area contributed by atoms with Gasteiger partial charge in [0.05, 0.1) is 6.61 Å². The third-order valence-corrected chi connectivity index (χ3v) is 3.08. The van der Waals surface area contributed by atoms with Crippen LogP contribution in [0.15, 0.2) is 18.2 Å². The molecular formula is C15H23ClN2O3. The zero-order chi connectivity index (χ0) is 15.7. The van der Waals surface area contributed by atoms with Crippen LogP contribution in [0.1, 0.15) is 19.4 Å². The maximum Gasteiger partial charge on any atom is 0.260 e. The van der Waals surface area contributed by atoms with Crippen molar-refractivity contribution in [3.63, 3.8) is 0 Å². The number of halogens is 1. The number of rotatable bonds is 9. The highest BCUT2D eigenvalue weighted by Crippen LogP contribution is 2.24. The molecule has 0 saturated heterocycles. The van der Waals surface area contributed by atoms with E-state index in [-0.39, 0.29) is 5.91 Å². The van der Waals surface area contributed by atoms with Crippen LogP contribution in [0, 0.1) is 0 Å². The molecular weight excluding hydrogens is 292 g/mol. The fraction of sp³-hybridized carbons (Fsp3) is 0.533. The summed E-state index contributed by atoms with van der Waals surface area (Å²) in [6, 6.07) is 5.37. The van der Waals surface area contributed by atoms with Gasteiger partial charge in [-0.1, -0.05) is 11.6 Å². The Labute approximate surface area is 131 Å². The van der Waals surface area contributed by atoms with Crippen molar-refractivity contribution in [3.05, 3.63) is 28.8 Å². The monoisotopic (exact) mass is 314 g/mol. The van der Waals surface area contributed by atoms with Gasteiger partial charge in [-0.15, -0.1) is 0 Å². The third-order valence-electron chi connectivity index (χ3n) is 2.84. The van der Waals surface area contributed by atoms with E-state index in [0.29, 0.717) is 30.5 Å². The van der Waals surface area contributed by atoms with Gasteiger partial charge in [0, 0.05) is 37.3 Å². The summed E-state index contributed by atoms with van der Waals surface area (Å²) in [5.74, 6) is 0.522. The first-order valence-electron chi connectivity index (χ1n) is 7.01. The Morgan fingerprint density at radius 2 is 2.19 bits per heavy atom. The van der Waals surface area contributed by atoms with Gasteiger partial charge in [-0.2, -0.15) is 0 Å². The fourth-order valence-electron chi connectivity index (χ4n) is 1.76. The lowest BCUT2D eigenvalue weighted by atomic mass is 10.2. The standard InChI is InChI=1S/C15H23ClN2O3/c1-4-18-15(19)11(2)21-14-6-5-13(16)9-12(14)10-17-7-8-20-3/h5-6,9,11,17H,4,7-8,10H2,1-3H3,(H,18,19). The molecule has 0 radical (unpaired) electrons. The van der Waals surface area contributed by atoms with E-state index in [2.05, 4.69) is 10.6 Å². The molecule has 0 saturated carbocycles. The molecule has 1 unspecified atom stereocenters. The van der Waals surface area contributed by atoms with Crippen molar-refractivity contribution >= 4 is 17.5 Å². The van der Waals surface area contributed by atoms with Crippen LogP contribution in [0.5, 0.6) is 5.75 Å². The molecule has 2 N–H and O–H groups in total. The van der Waals surface area contributed by atoms with Crippen LogP contribution in [0.4, 0.5) is 0 Å². The van der Waals surface area contributed by atoms with Gasteiger partial charge in [0.2, 0.25) is 0 Å². The van der Waals surface area contributed by atoms with Crippen LogP contribution in [-0.2, 0) is 16.1 Å². The molecule has 0 aliphatic rings. The minimum Gasteiger partial charge on any atom is -0.481 e. The van der Waals surface area contributed by atoms with Gasteiger partial charge in [0.25, 0.3) is 5.91 Å². The molecule has 1 rings (SSSR count). The zero-order valence-electron chi connectivity index (χ0n) is 12.7. The third kappa shape index (κ3) is 6.33. The molecule has 0 aromatic heterocycles. The molecule has 6 heteroatoms. The van der Waals surface area contributed by atoms with Crippen LogP contribution in [0.2, 0.25) is 5.02 Å². The minimum atomic E-state index is -0.552. The van der Waals surface area contributed by atoms with Crippen molar-refractivity contribution < 1.29 is 14.3 Å². The van der Waals surface area contributed by atoms with Gasteiger partial charge in [-0.3, -0.25) is 4.79 Å². The molecule has 21 heavy (non-hydrogen) atoms. The van der Waals surface area contributed by atoms with Gasteiger partial charge >= 0.3 is 0 Å². The van der Waals surface area contributed by atoms with E-state index < -0.39 is 6.10 Å². The number of hydrogen-bond donors (Lipinski definition) is 2. The molecule has 0 heterocycles. The van der Waals surface area contributed by atoms with Crippen LogP contribution < -0.4 is 15.4 Å². The molecule has 1 aromatic carbocycles. The number of carbonyl (C=O) groups excluding carboxylic acids is 1. The van der Waals surface area contributed by atoms with Gasteiger partial charge in [-0.05, 0) is 32.0 Å². The molecule has 0 bridgehead atoms. The Kier molecular flexibility index (Phi) is 8.12. The lowest BCUT2D eigenvalue weighted by Crippen LogP contribution is -2.36. The highest BCUT2D eigenvalue weighted by Gasteiger charge is 2.15. The highest BCUT2D eigenvalue weighted by molar-refractivity contribution is 6.30. The Hall–Kier alpha value is -1.30. The van der Waals surface area contributed by atoms with E-state index in [1.807, 2.05) is 13.0 Å². The van der Waals surface area contributed by atoms with Crippen molar-refractivity contribution in [1.82, 2.24) is 10.6 Å². The van der Waals surface area contributed by atoms with Crippen molar-refractivity contribution in [3.8, 4) is 5.75 Å². The molecule has 1 atom stereocenters. The summed E-state index contributed by atoms with van der Waals surface area (Å²) in [5, 5.41) is 6.60. The summed E-state index contributed by atoms with van der Waals surface area (Å²) in [4.78, 5) is 11.7. The Morgan fingerprint density at radius 1 is 1.43 bits per heavy atom. The van der Waals surface area contributed by atoms with E-state index in [4.69, 9.17) is 21.1 Å². The number of carbonyl (C=O) groups is 1. The molecule has 118 valence electrons. The number of amides is 1. The Bertz CT molecular complexity index is 455. The Morgan fingerprint density at radius 3 is 2.86 bits per heavy atom. The summed E-state index contributed by atoms with van der Waals surface area (Å²) < 4.78 is 10.7. The number of methoxy groups -OCH3 is 1. The average Bonchev–Trinajstić information content (AvgIpc) is 2.46. The Balaban J connectivity index is 2.69. The normalized spacial score (nSPS) is 12.0. The first-order chi connectivity index (χ1) is 10.1. The van der Waals surface area contributed by atoms with Crippen molar-refractivity contribution in [2.24, 2.45) is 0 Å². The molecule has 0 aliphatic heterocycles. The summed E-state index contributed by atoms with van der Waals surface area (Å²) in [6.45, 7) is 6.14. The van der Waals surface area contributed by atoms with Crippen molar-refractivity contribution in [1.29, 1.82) is 0 Å². The minimum absolute atomic E-state index is 0.134. The topological polar surface area (TPSA) is 59.6 Å². The number of ether oxygens (including phenoxy) is 2. The van der Waals surface area contributed by atoms with E-state index in [1.54, 1.807) is 26.2 Å². The van der Waals surface area contributed by atoms with Crippen molar-refractivity contribution in [2.45, 2.75) is 26.5 Å². The highest BCUT2D eigenvalue weighted by atomic mass is 35.5. The molecule has 0 fully saturated rings. The second-order valence-electron chi connectivity index (χ2n) is 4.58. The molecule has 1 amide bonds. The van der Waals surface area contributed by atoms with Gasteiger partial charge in [0.1, 0.15) is 5.75 Å². The predicted molar refractivity (Wildman–Crippen MR) is 83.8 cm³/mol. The second kappa shape index (κ2) is 9.60. The van der Waals surface area contributed by atoms with Crippen LogP contribution in [0.25, 0.3) is 0 Å². The SMILES string of the molecule is CCNC(=O)C(C)Oc1ccc(Cl)cc1CNCCOC. The van der Waals surface area contributed by atoms with E-state index >= 15 is 0 Å². The number of benzene rings is 1. The van der Waals surface area contributed by atoms with Crippen LogP contribution >= 0.6 is 11.6 Å². The maximum atomic E-state index is 11.7. The van der Waals surface area contributed by atoms with Crippen LogP contribution in [0.3, 0.4) is 0 Å². The van der Waals surface area contributed by atoms with Gasteiger partial charge in [-0.25, -0.2) is 0 Å². The summed E-state index contributed by atoms with van der Waals surface area (Å²) >= 11 is 6.02. The lowest BCUT2D eigenvalue weighted by Gasteiger charge is -2.17. The van der Waals surface area contributed by atoms with Gasteiger partial charge < -0.3 is 20.1 Å². The van der Waals surface area contributed by atoms with Crippen molar-refractivity contribution in [2.75, 3.05) is 26.8 Å². The van der Waals surface area contributed by atoms with Gasteiger partial charge in [0.15, 0.2) is 6.10 Å². The fourth-order valence-corrected chi connectivity index (χ4v) is 1.96. The number of hydrogen-bond acceptors (Lipinski definition) is 4. The first-order valence-corrected chi connectivity index (χ1v) is 7.38. The van der Waals surface area contributed by atoms with Crippen LogP contribution in [-0.4, -0.2) is 38.8 Å². The smallest absolute Gasteiger partial charge is 0.260 e. The summed E-state index contributed by atoms with van der Waals surface area (Å²) in [6.07, 6.45) is -0.552. The number of nitrogens with one attached hydrogen (secondary N) is 2. The first kappa shape index (κ1) is 17.8. The lowest BCUT2D eigenvalue weighted by molar-refractivity contribution is -0.127.